The lowest BCUT2D eigenvalue weighted by atomic mass is 9.64. The van der Waals surface area contributed by atoms with Crippen LogP contribution in [0.4, 0.5) is 5.69 Å². The number of hydrogen-bond donors (Lipinski definition) is 1. The third-order valence-corrected chi connectivity index (χ3v) is 5.69. The first kappa shape index (κ1) is 15.8. The summed E-state index contributed by atoms with van der Waals surface area (Å²) in [6, 6.07) is 0. The van der Waals surface area contributed by atoms with Crippen LogP contribution in [0, 0.1) is 0 Å². The Morgan fingerprint density at radius 1 is 1.04 bits per heavy atom. The van der Waals surface area contributed by atoms with Gasteiger partial charge in [0, 0.05) is 12.0 Å². The highest BCUT2D eigenvalue weighted by Gasteiger charge is 2.47. The number of Topliss-reactive ketones (excluding diaryl/α,β-unsaturated/α-hetero) is 1. The van der Waals surface area contributed by atoms with E-state index in [1.165, 1.54) is 0 Å². The van der Waals surface area contributed by atoms with E-state index in [2.05, 4.69) is 15.1 Å². The number of carbonyl (C=O) groups is 1. The first-order valence-electron chi connectivity index (χ1n) is 8.04. The summed E-state index contributed by atoms with van der Waals surface area (Å²) < 4.78 is 5.54. The van der Waals surface area contributed by atoms with Gasteiger partial charge in [-0.05, 0) is 32.1 Å². The number of carbonyl (C=O) groups excluding carboxylic acids is 1. The standard InChI is InChI=1S/C16H16Cl2N4O2/c17-13-10(19)14(18)21-15(20-13)11-8-4-3-7-16(12(8)22-24-11)6-2-1-5-9(16)23/h1-7,19H2/t16-/m1/s1. The number of fused-ring (bicyclic) bond motifs is 2. The summed E-state index contributed by atoms with van der Waals surface area (Å²) in [5, 5.41) is 4.41. The molecule has 0 amide bonds. The normalized spacial score (nSPS) is 23.5. The molecule has 2 aromatic heterocycles. The predicted molar refractivity (Wildman–Crippen MR) is 90.1 cm³/mol. The topological polar surface area (TPSA) is 94.9 Å². The van der Waals surface area contributed by atoms with Gasteiger partial charge in [-0.1, -0.05) is 34.8 Å². The number of nitrogens with two attached hydrogens (primary N) is 1. The molecule has 126 valence electrons. The van der Waals surface area contributed by atoms with Crippen LogP contribution in [0.2, 0.25) is 10.3 Å². The summed E-state index contributed by atoms with van der Waals surface area (Å²) in [7, 11) is 0. The van der Waals surface area contributed by atoms with Crippen LogP contribution in [-0.4, -0.2) is 20.9 Å². The molecule has 2 aromatic rings. The van der Waals surface area contributed by atoms with E-state index >= 15 is 0 Å². The second kappa shape index (κ2) is 5.70. The summed E-state index contributed by atoms with van der Waals surface area (Å²) >= 11 is 12.0. The predicted octanol–water partition coefficient (Wildman–Crippen LogP) is 3.74. The summed E-state index contributed by atoms with van der Waals surface area (Å²) in [6.07, 6.45) is 5.92. The molecule has 0 aliphatic heterocycles. The maximum atomic E-state index is 12.7. The monoisotopic (exact) mass is 366 g/mol. The van der Waals surface area contributed by atoms with Gasteiger partial charge in [-0.3, -0.25) is 4.79 Å². The average molecular weight is 367 g/mol. The molecular formula is C16H16Cl2N4O2. The van der Waals surface area contributed by atoms with Crippen molar-refractivity contribution in [3.8, 4) is 11.6 Å². The van der Waals surface area contributed by atoms with E-state index in [9.17, 15) is 4.79 Å². The molecule has 2 N–H and O–H groups in total. The highest BCUT2D eigenvalue weighted by Crippen LogP contribution is 2.47. The lowest BCUT2D eigenvalue weighted by Crippen LogP contribution is -2.41. The van der Waals surface area contributed by atoms with Gasteiger partial charge in [0.05, 0.1) is 5.41 Å². The number of rotatable bonds is 1. The second-order valence-corrected chi connectivity index (χ2v) is 7.16. The van der Waals surface area contributed by atoms with Crippen molar-refractivity contribution >= 4 is 34.7 Å². The van der Waals surface area contributed by atoms with Crippen LogP contribution in [0.25, 0.3) is 11.6 Å². The van der Waals surface area contributed by atoms with Gasteiger partial charge >= 0.3 is 0 Å². The minimum absolute atomic E-state index is 0.0782. The van der Waals surface area contributed by atoms with Crippen LogP contribution < -0.4 is 5.73 Å². The van der Waals surface area contributed by atoms with Crippen molar-refractivity contribution in [2.75, 3.05) is 5.73 Å². The van der Waals surface area contributed by atoms with Gasteiger partial charge in [0.2, 0.25) is 11.6 Å². The van der Waals surface area contributed by atoms with E-state index in [1.807, 2.05) is 0 Å². The Morgan fingerprint density at radius 3 is 2.46 bits per heavy atom. The van der Waals surface area contributed by atoms with Crippen molar-refractivity contribution in [1.82, 2.24) is 15.1 Å². The second-order valence-electron chi connectivity index (χ2n) is 6.45. The van der Waals surface area contributed by atoms with Gasteiger partial charge in [0.15, 0.2) is 10.3 Å². The van der Waals surface area contributed by atoms with Crippen molar-refractivity contribution in [1.29, 1.82) is 0 Å². The Labute approximate surface area is 148 Å². The maximum absolute atomic E-state index is 12.7. The molecule has 0 radical (unpaired) electrons. The minimum Gasteiger partial charge on any atom is -0.394 e. The summed E-state index contributed by atoms with van der Waals surface area (Å²) in [5.74, 6) is 0.961. The first-order chi connectivity index (χ1) is 11.5. The van der Waals surface area contributed by atoms with Crippen molar-refractivity contribution < 1.29 is 9.32 Å². The molecule has 1 spiro atoms. The van der Waals surface area contributed by atoms with Crippen LogP contribution in [-0.2, 0) is 16.6 Å². The average Bonchev–Trinajstić information content (AvgIpc) is 3.00. The van der Waals surface area contributed by atoms with E-state index in [0.29, 0.717) is 12.2 Å². The number of aromatic nitrogens is 3. The minimum atomic E-state index is -0.505. The molecule has 4 rings (SSSR count). The molecule has 0 aromatic carbocycles. The Balaban J connectivity index is 1.85. The third kappa shape index (κ3) is 2.24. The zero-order chi connectivity index (χ0) is 16.9. The van der Waals surface area contributed by atoms with E-state index in [1.54, 1.807) is 0 Å². The molecular weight excluding hydrogens is 351 g/mol. The number of hydrogen-bond acceptors (Lipinski definition) is 6. The van der Waals surface area contributed by atoms with Crippen LogP contribution in [0.5, 0.6) is 0 Å². The third-order valence-electron chi connectivity index (χ3n) is 5.12. The van der Waals surface area contributed by atoms with Crippen molar-refractivity contribution in [2.45, 2.75) is 50.4 Å². The zero-order valence-electron chi connectivity index (χ0n) is 12.9. The van der Waals surface area contributed by atoms with Crippen LogP contribution in [0.1, 0.15) is 49.8 Å². The SMILES string of the molecule is Nc1c(Cl)nc(-c2onc3c2CCC[C@@]32CCCCC2=O)nc1Cl. The van der Waals surface area contributed by atoms with Gasteiger partial charge in [0.25, 0.3) is 0 Å². The largest absolute Gasteiger partial charge is 0.394 e. The van der Waals surface area contributed by atoms with Gasteiger partial charge in [-0.2, -0.15) is 0 Å². The quantitative estimate of drug-likeness (QED) is 0.772. The Kier molecular flexibility index (Phi) is 3.77. The zero-order valence-corrected chi connectivity index (χ0v) is 14.5. The van der Waals surface area contributed by atoms with Gasteiger partial charge in [0.1, 0.15) is 17.2 Å². The Bertz CT molecular complexity index is 812. The maximum Gasteiger partial charge on any atom is 0.207 e. The number of nitrogens with zero attached hydrogens (tertiary/aromatic N) is 3. The molecule has 2 aliphatic carbocycles. The molecule has 6 nitrogen and oxygen atoms in total. The lowest BCUT2D eigenvalue weighted by Gasteiger charge is -2.37. The fraction of sp³-hybridized carbons (Fsp3) is 0.500. The summed E-state index contributed by atoms with van der Waals surface area (Å²) in [5.41, 5.74) is 6.97. The molecule has 24 heavy (non-hydrogen) atoms. The molecule has 0 unspecified atom stereocenters. The molecule has 2 heterocycles. The van der Waals surface area contributed by atoms with E-state index in [-0.39, 0.29) is 27.6 Å². The number of nitrogen functional groups attached to an aromatic ring is 1. The van der Waals surface area contributed by atoms with Gasteiger partial charge < -0.3 is 10.3 Å². The van der Waals surface area contributed by atoms with E-state index in [4.69, 9.17) is 33.5 Å². The van der Waals surface area contributed by atoms with Crippen LogP contribution in [0.15, 0.2) is 4.52 Å². The molecule has 2 aliphatic rings. The number of ketones is 1. The molecule has 0 saturated heterocycles. The Hall–Kier alpha value is -1.66. The first-order valence-corrected chi connectivity index (χ1v) is 8.80. The lowest BCUT2D eigenvalue weighted by molar-refractivity contribution is -0.127. The fourth-order valence-corrected chi connectivity index (χ4v) is 4.29. The molecule has 1 atom stereocenters. The van der Waals surface area contributed by atoms with E-state index < -0.39 is 5.41 Å². The van der Waals surface area contributed by atoms with Crippen LogP contribution >= 0.6 is 23.2 Å². The number of anilines is 1. The molecule has 0 bridgehead atoms. The highest BCUT2D eigenvalue weighted by molar-refractivity contribution is 6.37. The van der Waals surface area contributed by atoms with Crippen molar-refractivity contribution in [3.63, 3.8) is 0 Å². The summed E-state index contributed by atoms with van der Waals surface area (Å²) in [4.78, 5) is 21.0. The van der Waals surface area contributed by atoms with E-state index in [0.717, 1.165) is 49.8 Å². The fourth-order valence-electron chi connectivity index (χ4n) is 3.90. The smallest absolute Gasteiger partial charge is 0.207 e. The van der Waals surface area contributed by atoms with Crippen LogP contribution in [0.3, 0.4) is 0 Å². The van der Waals surface area contributed by atoms with Crippen molar-refractivity contribution in [3.05, 3.63) is 21.6 Å². The molecule has 1 fully saturated rings. The molecule has 8 heteroatoms. The van der Waals surface area contributed by atoms with Crippen molar-refractivity contribution in [2.24, 2.45) is 0 Å². The van der Waals surface area contributed by atoms with Gasteiger partial charge in [-0.15, -0.1) is 0 Å². The van der Waals surface area contributed by atoms with Gasteiger partial charge in [-0.25, -0.2) is 9.97 Å². The Morgan fingerprint density at radius 2 is 1.75 bits per heavy atom. The number of halogens is 2. The summed E-state index contributed by atoms with van der Waals surface area (Å²) in [6.45, 7) is 0. The molecule has 1 saturated carbocycles. The highest BCUT2D eigenvalue weighted by atomic mass is 35.5.